The second-order valence-electron chi connectivity index (χ2n) is 8.60. The molecule has 0 radical (unpaired) electrons. The van der Waals surface area contributed by atoms with Crippen molar-refractivity contribution >= 4 is 41.4 Å². The van der Waals surface area contributed by atoms with Crippen molar-refractivity contribution in [3.05, 3.63) is 29.8 Å². The van der Waals surface area contributed by atoms with Crippen LogP contribution in [-0.4, -0.2) is 85.5 Å². The first-order valence-electron chi connectivity index (χ1n) is 10.5. The molecule has 0 aromatic heterocycles. The summed E-state index contributed by atoms with van der Waals surface area (Å²) >= 11 is 1.27. The third-order valence-electron chi connectivity index (χ3n) is 5.77. The van der Waals surface area contributed by atoms with E-state index in [4.69, 9.17) is 5.73 Å². The highest BCUT2D eigenvalue weighted by atomic mass is 32.2. The number of hydrogen-bond donors (Lipinski definition) is 6. The molecule has 2 fully saturated rings. The maximum atomic E-state index is 13.2. The van der Waals surface area contributed by atoms with Crippen LogP contribution in [0.1, 0.15) is 31.9 Å². The lowest BCUT2D eigenvalue weighted by molar-refractivity contribution is -0.161. The van der Waals surface area contributed by atoms with Crippen molar-refractivity contribution in [1.29, 1.82) is 0 Å². The van der Waals surface area contributed by atoms with Crippen LogP contribution in [-0.2, 0) is 24.0 Å². The number of thioether (sulfide) groups is 1. The lowest BCUT2D eigenvalue weighted by Gasteiger charge is -2.44. The predicted octanol–water partition coefficient (Wildman–Crippen LogP) is -2.18. The van der Waals surface area contributed by atoms with E-state index in [1.807, 2.05) is 0 Å². The molecule has 0 bridgehead atoms. The van der Waals surface area contributed by atoms with Crippen LogP contribution >= 0.6 is 11.8 Å². The maximum absolute atomic E-state index is 13.2. The Morgan fingerprint density at radius 1 is 1.17 bits per heavy atom. The molecule has 0 saturated carbocycles. The summed E-state index contributed by atoms with van der Waals surface area (Å²) in [5.74, 6) is -3.66. The molecule has 1 aromatic rings. The number of benzene rings is 1. The highest BCUT2D eigenvalue weighted by Gasteiger charge is 2.64. The first-order valence-corrected chi connectivity index (χ1v) is 11.3. The molecule has 1 aromatic carbocycles. The van der Waals surface area contributed by atoms with Gasteiger partial charge in [-0.25, -0.2) is 4.79 Å². The van der Waals surface area contributed by atoms with Crippen molar-refractivity contribution in [2.24, 2.45) is 5.73 Å². The van der Waals surface area contributed by atoms with E-state index in [0.29, 0.717) is 5.56 Å². The van der Waals surface area contributed by atoms with Crippen LogP contribution in [0, 0.1) is 0 Å². The number of carboxylic acids is 1. The van der Waals surface area contributed by atoms with Gasteiger partial charge in [0.2, 0.25) is 23.6 Å². The van der Waals surface area contributed by atoms with Gasteiger partial charge in [-0.05, 0) is 31.5 Å². The monoisotopic (exact) mass is 511 g/mol. The van der Waals surface area contributed by atoms with E-state index in [2.05, 4.69) is 16.0 Å². The first kappa shape index (κ1) is 27.9. The highest BCUT2D eigenvalue weighted by molar-refractivity contribution is 8.01. The van der Waals surface area contributed by atoms with Gasteiger partial charge in [-0.3, -0.25) is 19.2 Å². The summed E-state index contributed by atoms with van der Waals surface area (Å²) < 4.78 is -0.761. The zero-order valence-corrected chi connectivity index (χ0v) is 20.1. The van der Waals surface area contributed by atoms with E-state index in [1.54, 1.807) is 13.8 Å². The van der Waals surface area contributed by atoms with E-state index >= 15 is 0 Å². The topological polar surface area (TPSA) is 223 Å². The van der Waals surface area contributed by atoms with E-state index < -0.39 is 63.9 Å². The Balaban J connectivity index is 0.00000432. The number of fused-ring (bicyclic) bond motifs is 1. The van der Waals surface area contributed by atoms with Crippen LogP contribution < -0.4 is 21.7 Å². The van der Waals surface area contributed by atoms with Gasteiger partial charge in [-0.1, -0.05) is 12.1 Å². The lowest BCUT2D eigenvalue weighted by Crippen LogP contribution is -2.71. The molecule has 0 spiro atoms. The molecule has 0 unspecified atom stereocenters. The maximum Gasteiger partial charge on any atom is 0.327 e. The number of carbonyl (C=O) groups excluding carboxylic acids is 4. The van der Waals surface area contributed by atoms with Gasteiger partial charge in [0.05, 0.1) is 12.5 Å². The molecule has 2 aliphatic heterocycles. The molecular formula is C21H29N5O8S. The SMILES string of the molecule is CNC(=O)C[C@@H](N)C(=O)N[C@@H](C(=O)N[C@@H]1C(=O)N2[C@@H]1SC(C)(C)[C@@H]2C(=O)O)c1ccc(O)cc1.O. The summed E-state index contributed by atoms with van der Waals surface area (Å²) in [5, 5.41) is 26.0. The zero-order chi connectivity index (χ0) is 25.4. The number of phenols is 1. The summed E-state index contributed by atoms with van der Waals surface area (Å²) in [7, 11) is 1.40. The number of aliphatic carboxylic acids is 1. The van der Waals surface area contributed by atoms with Gasteiger partial charge in [0.15, 0.2) is 0 Å². The summed E-state index contributed by atoms with van der Waals surface area (Å²) in [5.41, 5.74) is 6.09. The van der Waals surface area contributed by atoms with E-state index in [0.717, 1.165) is 0 Å². The fraction of sp³-hybridized carbons (Fsp3) is 0.476. The summed E-state index contributed by atoms with van der Waals surface area (Å²) in [6, 6.07) is 0.997. The number of rotatable bonds is 8. The molecule has 2 aliphatic rings. The van der Waals surface area contributed by atoms with Gasteiger partial charge in [0.1, 0.15) is 29.2 Å². The number of amides is 4. The molecule has 5 atom stereocenters. The largest absolute Gasteiger partial charge is 0.508 e. The summed E-state index contributed by atoms with van der Waals surface area (Å²) in [4.78, 5) is 62.9. The number of carboxylic acid groups (broad SMARTS) is 1. The van der Waals surface area contributed by atoms with Gasteiger partial charge in [-0.2, -0.15) is 0 Å². The summed E-state index contributed by atoms with van der Waals surface area (Å²) in [6.45, 7) is 3.43. The minimum absolute atomic E-state index is 0. The Hall–Kier alpha value is -3.36. The smallest absolute Gasteiger partial charge is 0.327 e. The molecule has 2 heterocycles. The number of nitrogens with two attached hydrogens (primary N) is 1. The number of aromatic hydroxyl groups is 1. The molecule has 0 aliphatic carbocycles. The number of β-lactam (4-membered cyclic amide) rings is 1. The quantitative estimate of drug-likeness (QED) is 0.208. The van der Waals surface area contributed by atoms with E-state index in [9.17, 15) is 34.2 Å². The fourth-order valence-corrected chi connectivity index (χ4v) is 5.62. The Labute approximate surface area is 205 Å². The van der Waals surface area contributed by atoms with E-state index in [-0.39, 0.29) is 17.6 Å². The molecule has 2 saturated heterocycles. The molecule has 13 nitrogen and oxygen atoms in total. The van der Waals surface area contributed by atoms with Gasteiger partial charge < -0.3 is 42.3 Å². The molecule has 192 valence electrons. The molecule has 9 N–H and O–H groups in total. The molecule has 4 amide bonds. The lowest BCUT2D eigenvalue weighted by atomic mass is 9.95. The third kappa shape index (κ3) is 5.49. The molecule has 14 heteroatoms. The fourth-order valence-electron chi connectivity index (χ4n) is 3.99. The van der Waals surface area contributed by atoms with Crippen molar-refractivity contribution < 1.29 is 39.7 Å². The van der Waals surface area contributed by atoms with Crippen molar-refractivity contribution in [2.75, 3.05) is 7.05 Å². The zero-order valence-electron chi connectivity index (χ0n) is 19.3. The van der Waals surface area contributed by atoms with Crippen LogP contribution in [0.5, 0.6) is 5.75 Å². The average molecular weight is 512 g/mol. The van der Waals surface area contributed by atoms with Gasteiger partial charge in [0, 0.05) is 11.8 Å². The van der Waals surface area contributed by atoms with Gasteiger partial charge in [0.25, 0.3) is 0 Å². The Bertz CT molecular complexity index is 1020. The number of hydrogen-bond acceptors (Lipinski definition) is 8. The average Bonchev–Trinajstić information content (AvgIpc) is 3.03. The minimum Gasteiger partial charge on any atom is -0.508 e. The predicted molar refractivity (Wildman–Crippen MR) is 125 cm³/mol. The minimum atomic E-state index is -1.28. The molecular weight excluding hydrogens is 482 g/mol. The number of phenolic OH excluding ortho intramolecular Hbond substituents is 1. The van der Waals surface area contributed by atoms with Crippen molar-refractivity contribution in [1.82, 2.24) is 20.9 Å². The number of carbonyl (C=O) groups is 5. The van der Waals surface area contributed by atoms with Crippen LogP contribution in [0.2, 0.25) is 0 Å². The first-order chi connectivity index (χ1) is 15.9. The second-order valence-corrected chi connectivity index (χ2v) is 10.4. The molecule has 35 heavy (non-hydrogen) atoms. The van der Waals surface area contributed by atoms with Crippen molar-refractivity contribution in [2.45, 2.75) is 54.6 Å². The number of nitrogens with one attached hydrogen (secondary N) is 3. The summed E-state index contributed by atoms with van der Waals surface area (Å²) in [6.07, 6.45) is -0.299. The van der Waals surface area contributed by atoms with E-state index in [1.165, 1.54) is 48.0 Å². The van der Waals surface area contributed by atoms with Crippen LogP contribution in [0.15, 0.2) is 24.3 Å². The van der Waals surface area contributed by atoms with Crippen molar-refractivity contribution in [3.8, 4) is 5.75 Å². The third-order valence-corrected chi connectivity index (χ3v) is 7.34. The second kappa shape index (κ2) is 10.5. The Morgan fingerprint density at radius 3 is 2.31 bits per heavy atom. The Morgan fingerprint density at radius 2 is 1.77 bits per heavy atom. The highest BCUT2D eigenvalue weighted by Crippen LogP contribution is 2.50. The normalized spacial score (nSPS) is 23.6. The Kier molecular flexibility index (Phi) is 8.36. The standard InChI is InChI=1S/C21H27N5O7S.H2O/c1-21(2)15(20(32)33)26-18(31)14(19(26)34-21)25-17(30)13(9-4-6-10(27)7-5-9)24-16(29)11(22)8-12(28)23-3;/h4-7,11,13-15,19,27H,8,22H2,1-3H3,(H,23,28)(H,24,29)(H,25,30)(H,32,33);1H2/t11-,13-,14-,15+,19-;/m1./s1. The van der Waals surface area contributed by atoms with Gasteiger partial charge in [-0.15, -0.1) is 11.8 Å². The van der Waals surface area contributed by atoms with Crippen molar-refractivity contribution in [3.63, 3.8) is 0 Å². The van der Waals surface area contributed by atoms with Crippen LogP contribution in [0.25, 0.3) is 0 Å². The van der Waals surface area contributed by atoms with Crippen LogP contribution in [0.3, 0.4) is 0 Å². The van der Waals surface area contributed by atoms with Crippen LogP contribution in [0.4, 0.5) is 0 Å². The molecule has 3 rings (SSSR count). The van der Waals surface area contributed by atoms with Gasteiger partial charge >= 0.3 is 5.97 Å². The number of nitrogens with zero attached hydrogens (tertiary/aromatic N) is 1.